The lowest BCUT2D eigenvalue weighted by Crippen LogP contribution is -2.40. The predicted octanol–water partition coefficient (Wildman–Crippen LogP) is 1.04. The van der Waals surface area contributed by atoms with Gasteiger partial charge in [0.2, 0.25) is 5.91 Å². The number of rotatable bonds is 4. The van der Waals surface area contributed by atoms with E-state index >= 15 is 0 Å². The summed E-state index contributed by atoms with van der Waals surface area (Å²) in [5.41, 5.74) is 6.77. The molecule has 0 bridgehead atoms. The lowest BCUT2D eigenvalue weighted by atomic mass is 9.81. The summed E-state index contributed by atoms with van der Waals surface area (Å²) in [6.07, 6.45) is 0.874. The largest absolute Gasteiger partial charge is 0.466 e. The van der Waals surface area contributed by atoms with Crippen LogP contribution in [0.3, 0.4) is 0 Å². The summed E-state index contributed by atoms with van der Waals surface area (Å²) in [6.45, 7) is 3.70. The van der Waals surface area contributed by atoms with Crippen LogP contribution in [0.4, 0.5) is 0 Å². The molecule has 108 valence electrons. The minimum Gasteiger partial charge on any atom is -0.466 e. The van der Waals surface area contributed by atoms with Crippen molar-refractivity contribution in [1.82, 2.24) is 5.32 Å². The normalized spacial score (nSPS) is 22.2. The molecule has 1 aliphatic heterocycles. The Kier molecular flexibility index (Phi) is 4.74. The van der Waals surface area contributed by atoms with Crippen molar-refractivity contribution < 1.29 is 14.3 Å². The van der Waals surface area contributed by atoms with Gasteiger partial charge in [-0.2, -0.15) is 0 Å². The maximum Gasteiger partial charge on any atom is 0.310 e. The first-order chi connectivity index (χ1) is 9.63. The molecule has 0 saturated carbocycles. The van der Waals surface area contributed by atoms with E-state index in [-0.39, 0.29) is 17.8 Å². The molecule has 5 heteroatoms. The zero-order chi connectivity index (χ0) is 14.5. The molecule has 2 rings (SSSR count). The zero-order valence-corrected chi connectivity index (χ0v) is 11.6. The van der Waals surface area contributed by atoms with Crippen molar-refractivity contribution >= 4 is 11.9 Å². The van der Waals surface area contributed by atoms with Crippen molar-refractivity contribution in [3.63, 3.8) is 0 Å². The molecule has 1 heterocycles. The molecular weight excluding hydrogens is 256 g/mol. The Morgan fingerprint density at radius 2 is 2.05 bits per heavy atom. The van der Waals surface area contributed by atoms with E-state index in [1.165, 1.54) is 0 Å². The van der Waals surface area contributed by atoms with Crippen LogP contribution in [0.25, 0.3) is 0 Å². The standard InChI is InChI=1S/C15H20N2O3/c1-2-20-15(19)13-9-17-8-7-12(13)10-3-5-11(6-4-10)14(16)18/h3-6,12-13,17H,2,7-9H2,1H3,(H2,16,18)/t12-,13-/m1/s1. The lowest BCUT2D eigenvalue weighted by Gasteiger charge is -2.30. The first-order valence-electron chi connectivity index (χ1n) is 6.90. The van der Waals surface area contributed by atoms with E-state index in [2.05, 4.69) is 5.32 Å². The van der Waals surface area contributed by atoms with E-state index < -0.39 is 5.91 Å². The highest BCUT2D eigenvalue weighted by Gasteiger charge is 2.32. The number of hydrogen-bond donors (Lipinski definition) is 2. The summed E-state index contributed by atoms with van der Waals surface area (Å²) in [7, 11) is 0. The summed E-state index contributed by atoms with van der Waals surface area (Å²) in [4.78, 5) is 23.1. The van der Waals surface area contributed by atoms with Gasteiger partial charge in [-0.05, 0) is 43.5 Å². The Balaban J connectivity index is 2.18. The van der Waals surface area contributed by atoms with Gasteiger partial charge in [-0.3, -0.25) is 9.59 Å². The van der Waals surface area contributed by atoms with Crippen LogP contribution in [0.15, 0.2) is 24.3 Å². The second-order valence-corrected chi connectivity index (χ2v) is 4.94. The number of amides is 1. The summed E-state index contributed by atoms with van der Waals surface area (Å²) in [6, 6.07) is 7.18. The van der Waals surface area contributed by atoms with Crippen LogP contribution in [0.5, 0.6) is 0 Å². The van der Waals surface area contributed by atoms with Crippen LogP contribution < -0.4 is 11.1 Å². The van der Waals surface area contributed by atoms with Gasteiger partial charge in [0.05, 0.1) is 12.5 Å². The third-order valence-corrected chi connectivity index (χ3v) is 3.69. The van der Waals surface area contributed by atoms with Crippen molar-refractivity contribution in [2.45, 2.75) is 19.3 Å². The van der Waals surface area contributed by atoms with E-state index in [1.807, 2.05) is 19.1 Å². The first kappa shape index (κ1) is 14.5. The van der Waals surface area contributed by atoms with Gasteiger partial charge in [0, 0.05) is 12.1 Å². The number of nitrogens with one attached hydrogen (secondary N) is 1. The minimum absolute atomic E-state index is 0.122. The van der Waals surface area contributed by atoms with E-state index in [1.54, 1.807) is 12.1 Å². The fourth-order valence-electron chi connectivity index (χ4n) is 2.65. The Morgan fingerprint density at radius 3 is 2.65 bits per heavy atom. The molecule has 3 N–H and O–H groups in total. The highest BCUT2D eigenvalue weighted by Crippen LogP contribution is 2.31. The van der Waals surface area contributed by atoms with Crippen LogP contribution in [0, 0.1) is 5.92 Å². The Bertz CT molecular complexity index is 484. The molecule has 1 saturated heterocycles. The number of hydrogen-bond acceptors (Lipinski definition) is 4. The Morgan fingerprint density at radius 1 is 1.35 bits per heavy atom. The van der Waals surface area contributed by atoms with Gasteiger partial charge in [-0.15, -0.1) is 0 Å². The van der Waals surface area contributed by atoms with Crippen molar-refractivity contribution in [3.05, 3.63) is 35.4 Å². The second-order valence-electron chi connectivity index (χ2n) is 4.94. The lowest BCUT2D eigenvalue weighted by molar-refractivity contribution is -0.149. The van der Waals surface area contributed by atoms with E-state index in [0.717, 1.165) is 18.5 Å². The Hall–Kier alpha value is -1.88. The van der Waals surface area contributed by atoms with E-state index in [9.17, 15) is 9.59 Å². The quantitative estimate of drug-likeness (QED) is 0.805. The molecule has 1 aromatic carbocycles. The fourth-order valence-corrected chi connectivity index (χ4v) is 2.65. The number of nitrogens with two attached hydrogens (primary N) is 1. The SMILES string of the molecule is CCOC(=O)[C@@H]1CNCC[C@@H]1c1ccc(C(N)=O)cc1. The van der Waals surface area contributed by atoms with Crippen LogP contribution in [-0.2, 0) is 9.53 Å². The summed E-state index contributed by atoms with van der Waals surface area (Å²) in [5, 5.41) is 3.23. The number of carbonyl (C=O) groups excluding carboxylic acids is 2. The van der Waals surface area contributed by atoms with Crippen molar-refractivity contribution in [1.29, 1.82) is 0 Å². The minimum atomic E-state index is -0.441. The maximum absolute atomic E-state index is 12.0. The maximum atomic E-state index is 12.0. The third-order valence-electron chi connectivity index (χ3n) is 3.69. The monoisotopic (exact) mass is 276 g/mol. The molecule has 1 fully saturated rings. The number of carbonyl (C=O) groups is 2. The molecule has 0 radical (unpaired) electrons. The molecule has 0 aliphatic carbocycles. The smallest absolute Gasteiger partial charge is 0.310 e. The predicted molar refractivity (Wildman–Crippen MR) is 75.3 cm³/mol. The molecular formula is C15H20N2O3. The molecule has 2 atom stereocenters. The number of piperidine rings is 1. The van der Waals surface area contributed by atoms with Gasteiger partial charge in [0.1, 0.15) is 0 Å². The molecule has 1 aliphatic rings. The highest BCUT2D eigenvalue weighted by molar-refractivity contribution is 5.92. The summed E-state index contributed by atoms with van der Waals surface area (Å²) in [5.74, 6) is -0.659. The molecule has 20 heavy (non-hydrogen) atoms. The van der Waals surface area contributed by atoms with Gasteiger partial charge in [0.15, 0.2) is 0 Å². The van der Waals surface area contributed by atoms with Gasteiger partial charge in [-0.1, -0.05) is 12.1 Å². The first-order valence-corrected chi connectivity index (χ1v) is 6.90. The topological polar surface area (TPSA) is 81.4 Å². The molecule has 0 aromatic heterocycles. The molecule has 0 unspecified atom stereocenters. The summed E-state index contributed by atoms with van der Waals surface area (Å²) >= 11 is 0. The number of ether oxygens (including phenoxy) is 1. The Labute approximate surface area is 118 Å². The highest BCUT2D eigenvalue weighted by atomic mass is 16.5. The van der Waals surface area contributed by atoms with Crippen LogP contribution in [0.1, 0.15) is 35.2 Å². The van der Waals surface area contributed by atoms with Crippen LogP contribution in [-0.4, -0.2) is 31.6 Å². The van der Waals surface area contributed by atoms with Crippen LogP contribution >= 0.6 is 0 Å². The van der Waals surface area contributed by atoms with Crippen molar-refractivity contribution in [2.24, 2.45) is 11.7 Å². The number of primary amides is 1. The number of benzene rings is 1. The average Bonchev–Trinajstić information content (AvgIpc) is 2.47. The number of esters is 1. The van der Waals surface area contributed by atoms with Gasteiger partial charge in [0.25, 0.3) is 0 Å². The zero-order valence-electron chi connectivity index (χ0n) is 11.6. The molecule has 0 spiro atoms. The van der Waals surface area contributed by atoms with Gasteiger partial charge in [-0.25, -0.2) is 0 Å². The van der Waals surface area contributed by atoms with Crippen molar-refractivity contribution in [3.8, 4) is 0 Å². The van der Waals surface area contributed by atoms with Gasteiger partial charge < -0.3 is 15.8 Å². The van der Waals surface area contributed by atoms with Gasteiger partial charge >= 0.3 is 5.97 Å². The van der Waals surface area contributed by atoms with Crippen molar-refractivity contribution in [2.75, 3.05) is 19.7 Å². The summed E-state index contributed by atoms with van der Waals surface area (Å²) < 4.78 is 5.14. The molecule has 5 nitrogen and oxygen atoms in total. The average molecular weight is 276 g/mol. The fraction of sp³-hybridized carbons (Fsp3) is 0.467. The second kappa shape index (κ2) is 6.52. The van der Waals surface area contributed by atoms with Crippen LogP contribution in [0.2, 0.25) is 0 Å². The van der Waals surface area contributed by atoms with E-state index in [0.29, 0.717) is 18.7 Å². The van der Waals surface area contributed by atoms with E-state index in [4.69, 9.17) is 10.5 Å². The third kappa shape index (κ3) is 3.17. The molecule has 1 amide bonds. The molecule has 1 aromatic rings.